The van der Waals surface area contributed by atoms with Crippen molar-refractivity contribution in [2.45, 2.75) is 6.04 Å². The summed E-state index contributed by atoms with van der Waals surface area (Å²) in [6.45, 7) is 0.120. The Morgan fingerprint density at radius 1 is 1.67 bits per heavy atom. The quantitative estimate of drug-likeness (QED) is 0.505. The van der Waals surface area contributed by atoms with Crippen LogP contribution in [0.15, 0.2) is 0 Å². The van der Waals surface area contributed by atoms with Gasteiger partial charge in [-0.1, -0.05) is 0 Å². The molecule has 0 saturated carbocycles. The Morgan fingerprint density at radius 2 is 2.25 bits per heavy atom. The maximum atomic E-state index is 11.0. The molecule has 0 aromatic carbocycles. The summed E-state index contributed by atoms with van der Waals surface area (Å²) in [4.78, 5) is 10.9. The first kappa shape index (κ1) is 9.43. The molecule has 1 aliphatic rings. The molecule has 0 radical (unpaired) electrons. The summed E-state index contributed by atoms with van der Waals surface area (Å²) in [5.74, 6) is -0.567. The molecule has 12 heavy (non-hydrogen) atoms. The molecule has 0 unspecified atom stereocenters. The summed E-state index contributed by atoms with van der Waals surface area (Å²) in [7, 11) is -0.835. The minimum absolute atomic E-state index is 0.120. The second-order valence-corrected chi connectivity index (χ2v) is 4.29. The molecule has 0 bridgehead atoms. The normalized spacial score (nSPS) is 28.7. The Hall–Kier alpha value is -0.660. The highest BCUT2D eigenvalue weighted by molar-refractivity contribution is 7.87. The van der Waals surface area contributed by atoms with Gasteiger partial charge >= 0.3 is 5.97 Å². The van der Waals surface area contributed by atoms with E-state index < -0.39 is 22.2 Å². The molecule has 7 heteroatoms. The summed E-state index contributed by atoms with van der Waals surface area (Å²) in [6.07, 6.45) is 0. The maximum absolute atomic E-state index is 11.0. The van der Waals surface area contributed by atoms with E-state index in [0.29, 0.717) is 0 Å². The molecule has 70 valence electrons. The SMILES string of the molecule is COC(=O)[C@@H]1CN(C)S(=O)(=O)N1. The van der Waals surface area contributed by atoms with Gasteiger partial charge in [-0.25, -0.2) is 0 Å². The van der Waals surface area contributed by atoms with Gasteiger partial charge in [0, 0.05) is 13.6 Å². The molecule has 1 rings (SSSR count). The van der Waals surface area contributed by atoms with E-state index in [-0.39, 0.29) is 6.54 Å². The summed E-state index contributed by atoms with van der Waals surface area (Å²) in [6, 6.07) is -0.773. The lowest BCUT2D eigenvalue weighted by Crippen LogP contribution is -2.35. The third-order valence-corrected chi connectivity index (χ3v) is 3.18. The molecule has 1 N–H and O–H groups in total. The number of rotatable bonds is 1. The highest BCUT2D eigenvalue weighted by atomic mass is 32.2. The van der Waals surface area contributed by atoms with Crippen molar-refractivity contribution in [1.29, 1.82) is 0 Å². The van der Waals surface area contributed by atoms with Gasteiger partial charge in [0.05, 0.1) is 7.11 Å². The predicted molar refractivity (Wildman–Crippen MR) is 40.5 cm³/mol. The van der Waals surface area contributed by atoms with Gasteiger partial charge in [-0.05, 0) is 0 Å². The average molecular weight is 194 g/mol. The number of hydrogen-bond donors (Lipinski definition) is 1. The van der Waals surface area contributed by atoms with E-state index in [2.05, 4.69) is 9.46 Å². The van der Waals surface area contributed by atoms with Gasteiger partial charge in [0.15, 0.2) is 0 Å². The molecule has 1 heterocycles. The fraction of sp³-hybridized carbons (Fsp3) is 0.800. The van der Waals surface area contributed by atoms with E-state index in [9.17, 15) is 13.2 Å². The van der Waals surface area contributed by atoms with Crippen LogP contribution in [-0.4, -0.2) is 45.4 Å². The highest BCUT2D eigenvalue weighted by Crippen LogP contribution is 2.07. The number of esters is 1. The van der Waals surface area contributed by atoms with Crippen molar-refractivity contribution in [2.75, 3.05) is 20.7 Å². The predicted octanol–water partition coefficient (Wildman–Crippen LogP) is -1.69. The first-order chi connectivity index (χ1) is 5.47. The fourth-order valence-corrected chi connectivity index (χ4v) is 1.98. The van der Waals surface area contributed by atoms with Gasteiger partial charge < -0.3 is 4.74 Å². The van der Waals surface area contributed by atoms with Crippen molar-refractivity contribution in [3.05, 3.63) is 0 Å². The third-order valence-electron chi connectivity index (χ3n) is 1.63. The lowest BCUT2D eigenvalue weighted by Gasteiger charge is -2.03. The van der Waals surface area contributed by atoms with Gasteiger partial charge in [0.2, 0.25) is 0 Å². The second kappa shape index (κ2) is 3.00. The van der Waals surface area contributed by atoms with Crippen molar-refractivity contribution >= 4 is 16.2 Å². The van der Waals surface area contributed by atoms with Crippen LogP contribution in [0.5, 0.6) is 0 Å². The Balaban J connectivity index is 2.74. The van der Waals surface area contributed by atoms with Gasteiger partial charge in [-0.15, -0.1) is 0 Å². The number of ether oxygens (including phenoxy) is 1. The molecule has 0 aromatic heterocycles. The highest BCUT2D eigenvalue weighted by Gasteiger charge is 2.37. The Bertz CT molecular complexity index is 286. The van der Waals surface area contributed by atoms with Gasteiger partial charge in [-0.2, -0.15) is 17.4 Å². The van der Waals surface area contributed by atoms with Crippen molar-refractivity contribution in [1.82, 2.24) is 9.03 Å². The minimum Gasteiger partial charge on any atom is -0.468 e. The van der Waals surface area contributed by atoms with E-state index in [1.54, 1.807) is 0 Å². The van der Waals surface area contributed by atoms with Crippen LogP contribution in [-0.2, 0) is 19.7 Å². The van der Waals surface area contributed by atoms with E-state index >= 15 is 0 Å². The van der Waals surface area contributed by atoms with Crippen molar-refractivity contribution in [3.8, 4) is 0 Å². The van der Waals surface area contributed by atoms with E-state index in [1.807, 2.05) is 0 Å². The molecular weight excluding hydrogens is 184 g/mol. The Labute approximate surface area is 70.7 Å². The zero-order chi connectivity index (χ0) is 9.35. The van der Waals surface area contributed by atoms with Crippen LogP contribution in [0.4, 0.5) is 0 Å². The number of nitrogens with zero attached hydrogens (tertiary/aromatic N) is 1. The number of hydrogen-bond acceptors (Lipinski definition) is 4. The van der Waals surface area contributed by atoms with Gasteiger partial charge in [0.1, 0.15) is 6.04 Å². The molecule has 0 amide bonds. The topological polar surface area (TPSA) is 75.7 Å². The molecule has 0 spiro atoms. The minimum atomic E-state index is -3.45. The number of carbonyl (C=O) groups is 1. The number of methoxy groups -OCH3 is 1. The largest absolute Gasteiger partial charge is 0.468 e. The standard InChI is InChI=1S/C5H10N2O4S/c1-7-3-4(5(8)11-2)6-12(7,9)10/h4,6H,3H2,1-2H3/t4-/m0/s1. The van der Waals surface area contributed by atoms with Crippen molar-refractivity contribution in [3.63, 3.8) is 0 Å². The molecule has 1 atom stereocenters. The molecule has 1 aliphatic heterocycles. The summed E-state index contributed by atoms with van der Waals surface area (Å²) in [5.41, 5.74) is 0. The van der Waals surface area contributed by atoms with Crippen LogP contribution in [0.2, 0.25) is 0 Å². The third kappa shape index (κ3) is 1.57. The van der Waals surface area contributed by atoms with Crippen LogP contribution < -0.4 is 4.72 Å². The first-order valence-electron chi connectivity index (χ1n) is 3.29. The monoisotopic (exact) mass is 194 g/mol. The van der Waals surface area contributed by atoms with Crippen molar-refractivity contribution in [2.24, 2.45) is 0 Å². The van der Waals surface area contributed by atoms with Gasteiger partial charge in [0.25, 0.3) is 10.2 Å². The molecule has 1 saturated heterocycles. The second-order valence-electron chi connectivity index (χ2n) is 2.48. The molecule has 6 nitrogen and oxygen atoms in total. The Kier molecular flexibility index (Phi) is 2.36. The maximum Gasteiger partial charge on any atom is 0.325 e. The van der Waals surface area contributed by atoms with Crippen LogP contribution in [0.25, 0.3) is 0 Å². The van der Waals surface area contributed by atoms with Crippen LogP contribution in [0.1, 0.15) is 0 Å². The first-order valence-corrected chi connectivity index (χ1v) is 4.73. The summed E-state index contributed by atoms with van der Waals surface area (Å²) >= 11 is 0. The van der Waals surface area contributed by atoms with E-state index in [0.717, 1.165) is 4.31 Å². The summed E-state index contributed by atoms with van der Waals surface area (Å²) in [5, 5.41) is 0. The average Bonchev–Trinajstić information content (AvgIpc) is 2.25. The van der Waals surface area contributed by atoms with Crippen molar-refractivity contribution < 1.29 is 17.9 Å². The number of nitrogens with one attached hydrogen (secondary N) is 1. The van der Waals surface area contributed by atoms with Gasteiger partial charge in [-0.3, -0.25) is 4.79 Å². The van der Waals surface area contributed by atoms with E-state index in [1.165, 1.54) is 14.2 Å². The van der Waals surface area contributed by atoms with E-state index in [4.69, 9.17) is 0 Å². The Morgan fingerprint density at radius 3 is 2.58 bits per heavy atom. The fourth-order valence-electron chi connectivity index (χ4n) is 0.927. The molecule has 0 aliphatic carbocycles. The zero-order valence-electron chi connectivity index (χ0n) is 6.77. The van der Waals surface area contributed by atoms with Crippen LogP contribution >= 0.6 is 0 Å². The summed E-state index contributed by atoms with van der Waals surface area (Å²) < 4.78 is 29.6. The lowest BCUT2D eigenvalue weighted by atomic mass is 10.3. The van der Waals surface area contributed by atoms with Crippen LogP contribution in [0, 0.1) is 0 Å². The number of likely N-dealkylation sites (N-methyl/N-ethyl adjacent to an activating group) is 1. The molecule has 1 fully saturated rings. The lowest BCUT2D eigenvalue weighted by molar-refractivity contribution is -0.142. The molecular formula is C5H10N2O4S. The smallest absolute Gasteiger partial charge is 0.325 e. The van der Waals surface area contributed by atoms with Crippen LogP contribution in [0.3, 0.4) is 0 Å². The zero-order valence-corrected chi connectivity index (χ0v) is 7.59. The molecule has 0 aromatic rings. The number of carbonyl (C=O) groups excluding carboxylic acids is 1.